The second kappa shape index (κ2) is 8.22. The van der Waals surface area contributed by atoms with E-state index in [1.165, 1.54) is 12.8 Å². The first-order valence-corrected chi connectivity index (χ1v) is 11.1. The molecule has 0 aliphatic carbocycles. The van der Waals surface area contributed by atoms with Gasteiger partial charge in [0.2, 0.25) is 5.95 Å². The van der Waals surface area contributed by atoms with E-state index in [1.54, 1.807) is 0 Å². The largest absolute Gasteiger partial charge is 0.382 e. The maximum atomic E-state index is 6.21. The van der Waals surface area contributed by atoms with Gasteiger partial charge in [-0.05, 0) is 31.4 Å². The molecule has 2 aliphatic heterocycles. The second-order valence-electron chi connectivity index (χ2n) is 8.24. The van der Waals surface area contributed by atoms with E-state index in [1.807, 2.05) is 7.05 Å². The Hall–Kier alpha value is -3.07. The lowest BCUT2D eigenvalue weighted by Gasteiger charge is -2.36. The van der Waals surface area contributed by atoms with E-state index in [4.69, 9.17) is 20.4 Å². The van der Waals surface area contributed by atoms with Gasteiger partial charge in [-0.15, -0.1) is 0 Å². The first-order valence-electron chi connectivity index (χ1n) is 11.1. The van der Waals surface area contributed by atoms with Gasteiger partial charge >= 0.3 is 0 Å². The van der Waals surface area contributed by atoms with Crippen molar-refractivity contribution in [1.82, 2.24) is 20.2 Å². The summed E-state index contributed by atoms with van der Waals surface area (Å²) in [6.45, 7) is 6.52. The number of hydrogen-bond donors (Lipinski definition) is 3. The zero-order valence-corrected chi connectivity index (χ0v) is 18.2. The van der Waals surface area contributed by atoms with Gasteiger partial charge in [-0.3, -0.25) is 5.10 Å². The fourth-order valence-corrected chi connectivity index (χ4v) is 4.65. The molecule has 0 bridgehead atoms. The molecule has 2 fully saturated rings. The summed E-state index contributed by atoms with van der Waals surface area (Å²) in [5.41, 5.74) is 10.2. The number of ether oxygens (including phenoxy) is 1. The molecule has 0 spiro atoms. The molecule has 0 unspecified atom stereocenters. The highest BCUT2D eigenvalue weighted by Gasteiger charge is 2.25. The number of nitrogens with one attached hydrogen (secondary N) is 2. The summed E-state index contributed by atoms with van der Waals surface area (Å²) >= 11 is 0. The highest BCUT2D eigenvalue weighted by molar-refractivity contribution is 6.02. The Balaban J connectivity index is 1.62. The summed E-state index contributed by atoms with van der Waals surface area (Å²) in [5, 5.41) is 11.5. The average molecular weight is 423 g/mol. The quantitative estimate of drug-likeness (QED) is 0.576. The summed E-state index contributed by atoms with van der Waals surface area (Å²) in [6.07, 6.45) is 3.40. The maximum Gasteiger partial charge on any atom is 0.224 e. The van der Waals surface area contributed by atoms with E-state index in [-0.39, 0.29) is 0 Å². The van der Waals surface area contributed by atoms with Gasteiger partial charge in [0.15, 0.2) is 5.82 Å². The van der Waals surface area contributed by atoms with Crippen molar-refractivity contribution in [2.75, 3.05) is 60.7 Å². The molecular formula is C22H30N8O. The zero-order chi connectivity index (χ0) is 21.4. The fourth-order valence-electron chi connectivity index (χ4n) is 4.65. The lowest BCUT2D eigenvalue weighted by Crippen LogP contribution is -2.45. The van der Waals surface area contributed by atoms with Crippen LogP contribution in [-0.2, 0) is 4.74 Å². The third-order valence-electron chi connectivity index (χ3n) is 6.34. The molecular weight excluding hydrogens is 392 g/mol. The molecule has 2 saturated heterocycles. The Morgan fingerprint density at radius 2 is 2.03 bits per heavy atom. The number of H-pyrrole nitrogens is 1. The standard InChI is InChI=1S/C22H30N8O/c1-3-15-13-31-9-8-30(15)19-12-16(25-22(24-2)26-19)14-10-17-20(21(23)28-27-17)18(11-14)29-6-4-5-7-29/h10-12,15H,3-9,13H2,1-2H3,(H3,23,27,28)(H,24,25,26)/t15-/m1/s1. The van der Waals surface area contributed by atoms with Crippen molar-refractivity contribution in [2.24, 2.45) is 0 Å². The van der Waals surface area contributed by atoms with Crippen LogP contribution in [0.2, 0.25) is 0 Å². The number of hydrogen-bond acceptors (Lipinski definition) is 8. The Morgan fingerprint density at radius 1 is 1.19 bits per heavy atom. The van der Waals surface area contributed by atoms with Crippen molar-refractivity contribution in [1.29, 1.82) is 0 Å². The van der Waals surface area contributed by atoms with Gasteiger partial charge in [0, 0.05) is 38.3 Å². The molecule has 4 N–H and O–H groups in total. The predicted molar refractivity (Wildman–Crippen MR) is 125 cm³/mol. The predicted octanol–water partition coefficient (Wildman–Crippen LogP) is 2.86. The minimum atomic E-state index is 0.316. The summed E-state index contributed by atoms with van der Waals surface area (Å²) < 4.78 is 5.69. The van der Waals surface area contributed by atoms with Crippen molar-refractivity contribution >= 4 is 34.2 Å². The van der Waals surface area contributed by atoms with Gasteiger partial charge < -0.3 is 25.6 Å². The van der Waals surface area contributed by atoms with Crippen LogP contribution in [0.15, 0.2) is 18.2 Å². The van der Waals surface area contributed by atoms with Gasteiger partial charge in [0.1, 0.15) is 5.82 Å². The summed E-state index contributed by atoms with van der Waals surface area (Å²) in [7, 11) is 1.86. The summed E-state index contributed by atoms with van der Waals surface area (Å²) in [6, 6.07) is 6.68. The van der Waals surface area contributed by atoms with Crippen molar-refractivity contribution in [3.05, 3.63) is 18.2 Å². The molecule has 3 aromatic rings. The van der Waals surface area contributed by atoms with Crippen LogP contribution in [0.3, 0.4) is 0 Å². The summed E-state index contributed by atoms with van der Waals surface area (Å²) in [4.78, 5) is 14.3. The van der Waals surface area contributed by atoms with Gasteiger partial charge in [0.05, 0.1) is 41.5 Å². The number of anilines is 4. The number of benzene rings is 1. The lowest BCUT2D eigenvalue weighted by atomic mass is 10.1. The zero-order valence-electron chi connectivity index (χ0n) is 18.2. The molecule has 5 rings (SSSR count). The summed E-state index contributed by atoms with van der Waals surface area (Å²) in [5.74, 6) is 2.08. The van der Waals surface area contributed by atoms with E-state index < -0.39 is 0 Å². The Morgan fingerprint density at radius 3 is 2.81 bits per heavy atom. The van der Waals surface area contributed by atoms with Gasteiger partial charge in [0.25, 0.3) is 0 Å². The fraction of sp³-hybridized carbons (Fsp3) is 0.500. The number of aromatic amines is 1. The van der Waals surface area contributed by atoms with Gasteiger partial charge in [-0.25, -0.2) is 4.98 Å². The third-order valence-corrected chi connectivity index (χ3v) is 6.34. The number of fused-ring (bicyclic) bond motifs is 1. The monoisotopic (exact) mass is 422 g/mol. The van der Waals surface area contributed by atoms with Crippen molar-refractivity contribution < 1.29 is 4.74 Å². The van der Waals surface area contributed by atoms with E-state index in [0.717, 1.165) is 66.3 Å². The number of aromatic nitrogens is 4. The smallest absolute Gasteiger partial charge is 0.224 e. The van der Waals surface area contributed by atoms with Crippen LogP contribution in [0.5, 0.6) is 0 Å². The van der Waals surface area contributed by atoms with Crippen LogP contribution in [0.1, 0.15) is 26.2 Å². The average Bonchev–Trinajstić information content (AvgIpc) is 3.48. The molecule has 9 nitrogen and oxygen atoms in total. The van der Waals surface area contributed by atoms with Crippen LogP contribution >= 0.6 is 0 Å². The van der Waals surface area contributed by atoms with Gasteiger partial charge in [-0.2, -0.15) is 10.1 Å². The molecule has 2 aliphatic rings. The van der Waals surface area contributed by atoms with Crippen LogP contribution in [-0.4, -0.2) is 66.1 Å². The van der Waals surface area contributed by atoms with Crippen molar-refractivity contribution in [2.45, 2.75) is 32.2 Å². The highest BCUT2D eigenvalue weighted by atomic mass is 16.5. The minimum Gasteiger partial charge on any atom is -0.382 e. The van der Waals surface area contributed by atoms with E-state index in [2.05, 4.69) is 50.4 Å². The Labute approximate surface area is 182 Å². The highest BCUT2D eigenvalue weighted by Crippen LogP contribution is 2.37. The number of nitrogens with zero attached hydrogens (tertiary/aromatic N) is 5. The molecule has 0 amide bonds. The molecule has 9 heteroatoms. The molecule has 4 heterocycles. The minimum absolute atomic E-state index is 0.316. The first kappa shape index (κ1) is 19.9. The lowest BCUT2D eigenvalue weighted by molar-refractivity contribution is 0.0926. The maximum absolute atomic E-state index is 6.21. The SMILES string of the molecule is CC[C@@H]1COCCN1c1cc(-c2cc(N3CCCC3)c3c(N)n[nH]c3c2)nc(NC)n1. The first-order chi connectivity index (χ1) is 15.2. The van der Waals surface area contributed by atoms with E-state index in [9.17, 15) is 0 Å². The van der Waals surface area contributed by atoms with Crippen LogP contribution in [0.4, 0.5) is 23.3 Å². The molecule has 2 aromatic heterocycles. The Bertz CT molecular complexity index is 1070. The number of rotatable bonds is 5. The topological polar surface area (TPSA) is 108 Å². The van der Waals surface area contributed by atoms with Crippen LogP contribution < -0.4 is 20.9 Å². The molecule has 1 aromatic carbocycles. The number of nitrogen functional groups attached to an aromatic ring is 1. The number of morpholine rings is 1. The molecule has 31 heavy (non-hydrogen) atoms. The third kappa shape index (κ3) is 3.63. The molecule has 0 radical (unpaired) electrons. The van der Waals surface area contributed by atoms with E-state index >= 15 is 0 Å². The molecule has 0 saturated carbocycles. The van der Waals surface area contributed by atoms with Crippen molar-refractivity contribution in [3.63, 3.8) is 0 Å². The van der Waals surface area contributed by atoms with Crippen LogP contribution in [0, 0.1) is 0 Å². The van der Waals surface area contributed by atoms with Crippen LogP contribution in [0.25, 0.3) is 22.2 Å². The van der Waals surface area contributed by atoms with Crippen molar-refractivity contribution in [3.8, 4) is 11.3 Å². The Kier molecular flexibility index (Phi) is 5.27. The molecule has 164 valence electrons. The normalized spacial score (nSPS) is 19.4. The number of nitrogens with two attached hydrogens (primary N) is 1. The van der Waals surface area contributed by atoms with Gasteiger partial charge in [-0.1, -0.05) is 6.92 Å². The van der Waals surface area contributed by atoms with E-state index in [0.29, 0.717) is 24.4 Å². The molecule has 1 atom stereocenters. The second-order valence-corrected chi connectivity index (χ2v) is 8.24.